The SMILES string of the molecule is CNCCCN(C)C(=O)c1cc(Cl)nnc1Cl. The highest BCUT2D eigenvalue weighted by atomic mass is 35.5. The number of amides is 1. The van der Waals surface area contributed by atoms with E-state index in [1.54, 1.807) is 11.9 Å². The molecule has 1 aromatic rings. The summed E-state index contributed by atoms with van der Waals surface area (Å²) in [4.78, 5) is 13.6. The van der Waals surface area contributed by atoms with Crippen molar-refractivity contribution in [2.45, 2.75) is 6.42 Å². The molecule has 0 aliphatic rings. The maximum atomic E-state index is 12.0. The number of nitrogens with zero attached hydrogens (tertiary/aromatic N) is 3. The highest BCUT2D eigenvalue weighted by molar-refractivity contribution is 6.34. The van der Waals surface area contributed by atoms with Gasteiger partial charge in [0.05, 0.1) is 5.56 Å². The average Bonchev–Trinajstić information content (AvgIpc) is 2.31. The molecule has 0 atom stereocenters. The summed E-state index contributed by atoms with van der Waals surface area (Å²) in [6.07, 6.45) is 0.864. The third-order valence-electron chi connectivity index (χ3n) is 2.22. The van der Waals surface area contributed by atoms with Gasteiger partial charge in [0.25, 0.3) is 5.91 Å². The average molecular weight is 277 g/mol. The van der Waals surface area contributed by atoms with Gasteiger partial charge in [-0.25, -0.2) is 0 Å². The molecule has 1 amide bonds. The fraction of sp³-hybridized carbons (Fsp3) is 0.500. The Morgan fingerprint density at radius 3 is 2.82 bits per heavy atom. The first-order valence-electron chi connectivity index (χ1n) is 5.15. The Morgan fingerprint density at radius 2 is 2.18 bits per heavy atom. The van der Waals surface area contributed by atoms with E-state index in [1.165, 1.54) is 6.07 Å². The Hall–Kier alpha value is -0.910. The molecule has 0 bridgehead atoms. The largest absolute Gasteiger partial charge is 0.342 e. The first-order valence-corrected chi connectivity index (χ1v) is 5.90. The molecule has 0 aliphatic carbocycles. The number of carbonyl (C=O) groups is 1. The van der Waals surface area contributed by atoms with E-state index in [9.17, 15) is 4.79 Å². The van der Waals surface area contributed by atoms with Crippen molar-refractivity contribution in [3.05, 3.63) is 21.9 Å². The van der Waals surface area contributed by atoms with E-state index in [0.29, 0.717) is 6.54 Å². The topological polar surface area (TPSA) is 58.1 Å². The van der Waals surface area contributed by atoms with Gasteiger partial charge in [-0.1, -0.05) is 23.2 Å². The molecule has 7 heteroatoms. The fourth-order valence-corrected chi connectivity index (χ4v) is 1.62. The summed E-state index contributed by atoms with van der Waals surface area (Å²) in [6, 6.07) is 1.42. The van der Waals surface area contributed by atoms with E-state index in [4.69, 9.17) is 23.2 Å². The molecule has 0 saturated carbocycles. The lowest BCUT2D eigenvalue weighted by Crippen LogP contribution is -2.29. The van der Waals surface area contributed by atoms with Crippen molar-refractivity contribution in [1.82, 2.24) is 20.4 Å². The van der Waals surface area contributed by atoms with E-state index in [2.05, 4.69) is 15.5 Å². The molecular formula is C10H14Cl2N4O. The highest BCUT2D eigenvalue weighted by Gasteiger charge is 2.16. The van der Waals surface area contributed by atoms with Crippen LogP contribution in [-0.2, 0) is 0 Å². The molecule has 0 unspecified atom stereocenters. The second-order valence-corrected chi connectivity index (χ2v) is 4.30. The molecule has 0 saturated heterocycles. The molecule has 1 heterocycles. The van der Waals surface area contributed by atoms with Crippen LogP contribution in [0.2, 0.25) is 10.3 Å². The second kappa shape index (κ2) is 6.74. The van der Waals surface area contributed by atoms with Crippen molar-refractivity contribution in [2.24, 2.45) is 0 Å². The molecule has 1 rings (SSSR count). The second-order valence-electron chi connectivity index (χ2n) is 3.56. The van der Waals surface area contributed by atoms with Crippen molar-refractivity contribution in [2.75, 3.05) is 27.2 Å². The quantitative estimate of drug-likeness (QED) is 0.828. The van der Waals surface area contributed by atoms with Gasteiger partial charge in [0.15, 0.2) is 10.3 Å². The van der Waals surface area contributed by atoms with Gasteiger partial charge in [-0.3, -0.25) is 4.79 Å². The van der Waals surface area contributed by atoms with Crippen molar-refractivity contribution in [1.29, 1.82) is 0 Å². The highest BCUT2D eigenvalue weighted by Crippen LogP contribution is 2.16. The van der Waals surface area contributed by atoms with Gasteiger partial charge in [0, 0.05) is 13.6 Å². The lowest BCUT2D eigenvalue weighted by molar-refractivity contribution is 0.0793. The third-order valence-corrected chi connectivity index (χ3v) is 2.68. The maximum absolute atomic E-state index is 12.0. The van der Waals surface area contributed by atoms with Crippen molar-refractivity contribution < 1.29 is 4.79 Å². The molecule has 0 fully saturated rings. The molecular weight excluding hydrogens is 263 g/mol. The molecule has 0 aliphatic heterocycles. The lowest BCUT2D eigenvalue weighted by atomic mass is 10.2. The Balaban J connectivity index is 2.71. The van der Waals surface area contributed by atoms with Crippen LogP contribution in [0.15, 0.2) is 6.07 Å². The van der Waals surface area contributed by atoms with Crippen LogP contribution in [0.1, 0.15) is 16.8 Å². The van der Waals surface area contributed by atoms with Crippen molar-refractivity contribution in [3.8, 4) is 0 Å². The van der Waals surface area contributed by atoms with Crippen LogP contribution in [0.5, 0.6) is 0 Å². The summed E-state index contributed by atoms with van der Waals surface area (Å²) in [5, 5.41) is 10.4. The van der Waals surface area contributed by atoms with Crippen LogP contribution < -0.4 is 5.32 Å². The third kappa shape index (κ3) is 4.11. The molecule has 0 aromatic carbocycles. The normalized spacial score (nSPS) is 10.4. The van der Waals surface area contributed by atoms with E-state index >= 15 is 0 Å². The molecule has 17 heavy (non-hydrogen) atoms. The summed E-state index contributed by atoms with van der Waals surface area (Å²) in [6.45, 7) is 1.48. The zero-order chi connectivity index (χ0) is 12.8. The number of hydrogen-bond donors (Lipinski definition) is 1. The minimum atomic E-state index is -0.206. The molecule has 0 spiro atoms. The smallest absolute Gasteiger partial charge is 0.256 e. The number of aromatic nitrogens is 2. The summed E-state index contributed by atoms with van der Waals surface area (Å²) in [7, 11) is 3.58. The van der Waals surface area contributed by atoms with Gasteiger partial charge in [0.2, 0.25) is 0 Å². The van der Waals surface area contributed by atoms with Crippen LogP contribution in [0.4, 0.5) is 0 Å². The van der Waals surface area contributed by atoms with Gasteiger partial charge < -0.3 is 10.2 Å². The lowest BCUT2D eigenvalue weighted by Gasteiger charge is -2.17. The Labute approximate surface area is 110 Å². The number of hydrogen-bond acceptors (Lipinski definition) is 4. The minimum absolute atomic E-state index is 0.0693. The van der Waals surface area contributed by atoms with E-state index < -0.39 is 0 Å². The fourth-order valence-electron chi connectivity index (χ4n) is 1.30. The minimum Gasteiger partial charge on any atom is -0.342 e. The van der Waals surface area contributed by atoms with Crippen LogP contribution in [-0.4, -0.2) is 48.2 Å². The summed E-state index contributed by atoms with van der Waals surface area (Å²) in [5.41, 5.74) is 0.277. The van der Waals surface area contributed by atoms with Crippen LogP contribution in [0.3, 0.4) is 0 Å². The number of halogens is 2. The Morgan fingerprint density at radius 1 is 1.47 bits per heavy atom. The predicted octanol–water partition coefficient (Wildman–Crippen LogP) is 1.46. The molecule has 1 aromatic heterocycles. The maximum Gasteiger partial charge on any atom is 0.256 e. The monoisotopic (exact) mass is 276 g/mol. The summed E-state index contributed by atoms with van der Waals surface area (Å²) in [5.74, 6) is -0.206. The number of rotatable bonds is 5. The van der Waals surface area contributed by atoms with Gasteiger partial charge in [-0.05, 0) is 26.1 Å². The standard InChI is InChI=1S/C10H14Cl2N4O/c1-13-4-3-5-16(2)10(17)7-6-8(11)14-15-9(7)12/h6,13H,3-5H2,1-2H3. The van der Waals surface area contributed by atoms with Gasteiger partial charge in [0.1, 0.15) is 0 Å². The predicted molar refractivity (Wildman–Crippen MR) is 67.6 cm³/mol. The Bertz CT molecular complexity index is 400. The van der Waals surface area contributed by atoms with Crippen LogP contribution >= 0.6 is 23.2 Å². The van der Waals surface area contributed by atoms with Crippen molar-refractivity contribution in [3.63, 3.8) is 0 Å². The molecule has 5 nitrogen and oxygen atoms in total. The molecule has 0 radical (unpaired) electrons. The van der Waals surface area contributed by atoms with E-state index in [1.807, 2.05) is 7.05 Å². The first-order chi connectivity index (χ1) is 8.06. The summed E-state index contributed by atoms with van der Waals surface area (Å²) >= 11 is 11.5. The zero-order valence-electron chi connectivity index (χ0n) is 9.70. The number of carbonyl (C=O) groups excluding carboxylic acids is 1. The number of nitrogens with one attached hydrogen (secondary N) is 1. The van der Waals surface area contributed by atoms with Gasteiger partial charge in [-0.2, -0.15) is 0 Å². The van der Waals surface area contributed by atoms with Crippen molar-refractivity contribution >= 4 is 29.1 Å². The first kappa shape index (κ1) is 14.2. The molecule has 94 valence electrons. The van der Waals surface area contributed by atoms with Crippen LogP contribution in [0, 0.1) is 0 Å². The van der Waals surface area contributed by atoms with Gasteiger partial charge >= 0.3 is 0 Å². The van der Waals surface area contributed by atoms with E-state index in [-0.39, 0.29) is 21.8 Å². The van der Waals surface area contributed by atoms with Crippen LogP contribution in [0.25, 0.3) is 0 Å². The van der Waals surface area contributed by atoms with E-state index in [0.717, 1.165) is 13.0 Å². The van der Waals surface area contributed by atoms with Gasteiger partial charge in [-0.15, -0.1) is 10.2 Å². The summed E-state index contributed by atoms with van der Waals surface area (Å²) < 4.78 is 0. The zero-order valence-corrected chi connectivity index (χ0v) is 11.2. The molecule has 1 N–H and O–H groups in total. The Kier molecular flexibility index (Phi) is 5.61.